The zero-order chi connectivity index (χ0) is 15.1. The van der Waals surface area contributed by atoms with Crippen molar-refractivity contribution in [1.82, 2.24) is 0 Å². The van der Waals surface area contributed by atoms with Gasteiger partial charge in [0, 0.05) is 10.4 Å². The number of fused-ring (bicyclic) bond motifs is 2. The number of rotatable bonds is 1. The molecular weight excluding hydrogens is 304 g/mol. The van der Waals surface area contributed by atoms with Gasteiger partial charge in [0.05, 0.1) is 5.56 Å². The van der Waals surface area contributed by atoms with Gasteiger partial charge in [-0.05, 0) is 42.0 Å². The van der Waals surface area contributed by atoms with Gasteiger partial charge in [-0.2, -0.15) is 0 Å². The first kappa shape index (κ1) is 13.2. The molecule has 110 valence electrons. The molecule has 1 aliphatic heterocycles. The van der Waals surface area contributed by atoms with Gasteiger partial charge in [-0.25, -0.2) is 4.79 Å². The van der Waals surface area contributed by atoms with E-state index in [1.165, 1.54) is 0 Å². The van der Waals surface area contributed by atoms with E-state index in [1.807, 2.05) is 6.07 Å². The van der Waals surface area contributed by atoms with Gasteiger partial charge in [0.2, 0.25) is 0 Å². The first-order chi connectivity index (χ1) is 10.7. The van der Waals surface area contributed by atoms with E-state index in [2.05, 4.69) is 0 Å². The van der Waals surface area contributed by atoms with Crippen LogP contribution in [-0.2, 0) is 0 Å². The highest BCUT2D eigenvalue weighted by Gasteiger charge is 2.15. The highest BCUT2D eigenvalue weighted by Crippen LogP contribution is 2.34. The van der Waals surface area contributed by atoms with Crippen LogP contribution in [0.5, 0.6) is 11.5 Å². The molecule has 2 heterocycles. The van der Waals surface area contributed by atoms with Crippen LogP contribution in [-0.4, -0.2) is 13.2 Å². The van der Waals surface area contributed by atoms with Gasteiger partial charge < -0.3 is 13.9 Å². The Morgan fingerprint density at radius 1 is 0.909 bits per heavy atom. The maximum Gasteiger partial charge on any atom is 0.344 e. The van der Waals surface area contributed by atoms with Crippen molar-refractivity contribution in [2.75, 3.05) is 13.2 Å². The summed E-state index contributed by atoms with van der Waals surface area (Å²) >= 11 is 6.00. The minimum atomic E-state index is -0.397. The molecule has 0 radical (unpaired) electrons. The molecule has 0 unspecified atom stereocenters. The smallest absolute Gasteiger partial charge is 0.344 e. The summed E-state index contributed by atoms with van der Waals surface area (Å²) in [7, 11) is 0. The van der Waals surface area contributed by atoms with Crippen LogP contribution < -0.4 is 15.1 Å². The highest BCUT2D eigenvalue weighted by atomic mass is 35.5. The Balaban J connectivity index is 1.90. The third-order valence-electron chi connectivity index (χ3n) is 3.55. The predicted molar refractivity (Wildman–Crippen MR) is 83.9 cm³/mol. The van der Waals surface area contributed by atoms with Gasteiger partial charge in [0.15, 0.2) is 11.5 Å². The normalized spacial score (nSPS) is 13.3. The summed E-state index contributed by atoms with van der Waals surface area (Å²) in [5.74, 6) is 1.32. The van der Waals surface area contributed by atoms with E-state index in [-0.39, 0.29) is 0 Å². The predicted octanol–water partition coefficient (Wildman–Crippen LogP) is 3.88. The summed E-state index contributed by atoms with van der Waals surface area (Å²) in [4.78, 5) is 12.2. The molecule has 3 aromatic rings. The Kier molecular flexibility index (Phi) is 3.05. The van der Waals surface area contributed by atoms with Gasteiger partial charge in [0.25, 0.3) is 0 Å². The number of benzene rings is 2. The van der Waals surface area contributed by atoms with Crippen LogP contribution in [0.25, 0.3) is 22.1 Å². The van der Waals surface area contributed by atoms with Crippen molar-refractivity contribution in [3.05, 3.63) is 57.9 Å². The fourth-order valence-corrected chi connectivity index (χ4v) is 2.69. The van der Waals surface area contributed by atoms with Crippen molar-refractivity contribution >= 4 is 22.6 Å². The molecule has 0 bridgehead atoms. The molecule has 0 saturated heterocycles. The van der Waals surface area contributed by atoms with Crippen molar-refractivity contribution in [3.8, 4) is 22.6 Å². The SMILES string of the molecule is O=c1oc2ccc(Cl)cc2cc1-c1ccc2c(c1)OCCO2. The fourth-order valence-electron chi connectivity index (χ4n) is 2.51. The van der Waals surface area contributed by atoms with E-state index in [1.54, 1.807) is 36.4 Å². The van der Waals surface area contributed by atoms with Gasteiger partial charge in [-0.15, -0.1) is 0 Å². The van der Waals surface area contributed by atoms with Crippen LogP contribution in [0.15, 0.2) is 51.7 Å². The van der Waals surface area contributed by atoms with Crippen LogP contribution in [0, 0.1) is 0 Å². The minimum Gasteiger partial charge on any atom is -0.486 e. The lowest BCUT2D eigenvalue weighted by atomic mass is 10.1. The molecule has 1 aliphatic rings. The molecule has 22 heavy (non-hydrogen) atoms. The van der Waals surface area contributed by atoms with Gasteiger partial charge in [-0.3, -0.25) is 0 Å². The van der Waals surface area contributed by atoms with E-state index in [0.29, 0.717) is 40.9 Å². The number of ether oxygens (including phenoxy) is 2. The maximum atomic E-state index is 12.2. The lowest BCUT2D eigenvalue weighted by Crippen LogP contribution is -2.15. The lowest BCUT2D eigenvalue weighted by Gasteiger charge is -2.18. The third kappa shape index (κ3) is 2.22. The zero-order valence-corrected chi connectivity index (χ0v) is 12.2. The molecule has 4 nitrogen and oxygen atoms in total. The van der Waals surface area contributed by atoms with Gasteiger partial charge in [0.1, 0.15) is 18.8 Å². The topological polar surface area (TPSA) is 48.7 Å². The Morgan fingerprint density at radius 2 is 1.73 bits per heavy atom. The molecule has 0 atom stereocenters. The zero-order valence-electron chi connectivity index (χ0n) is 11.5. The summed E-state index contributed by atoms with van der Waals surface area (Å²) in [5, 5.41) is 1.37. The largest absolute Gasteiger partial charge is 0.486 e. The van der Waals surface area contributed by atoms with Gasteiger partial charge >= 0.3 is 5.63 Å². The molecule has 0 aliphatic carbocycles. The van der Waals surface area contributed by atoms with Crippen LogP contribution >= 0.6 is 11.6 Å². The number of hydrogen-bond acceptors (Lipinski definition) is 4. The van der Waals surface area contributed by atoms with Crippen LogP contribution in [0.2, 0.25) is 5.02 Å². The average molecular weight is 315 g/mol. The molecule has 0 spiro atoms. The Labute approximate surface area is 130 Å². The van der Waals surface area contributed by atoms with Crippen LogP contribution in [0.4, 0.5) is 0 Å². The first-order valence-electron chi connectivity index (χ1n) is 6.84. The Bertz CT molecular complexity index is 930. The van der Waals surface area contributed by atoms with Crippen LogP contribution in [0.3, 0.4) is 0 Å². The third-order valence-corrected chi connectivity index (χ3v) is 3.78. The van der Waals surface area contributed by atoms with E-state index in [0.717, 1.165) is 10.9 Å². The molecule has 4 rings (SSSR count). The molecule has 5 heteroatoms. The second-order valence-corrected chi connectivity index (χ2v) is 5.42. The Morgan fingerprint density at radius 3 is 2.59 bits per heavy atom. The quantitative estimate of drug-likeness (QED) is 0.639. The number of halogens is 1. The van der Waals surface area contributed by atoms with E-state index in [9.17, 15) is 4.79 Å². The molecule has 0 saturated carbocycles. The summed E-state index contributed by atoms with van der Waals surface area (Å²) in [6.45, 7) is 1.03. The van der Waals surface area contributed by atoms with E-state index >= 15 is 0 Å². The highest BCUT2D eigenvalue weighted by molar-refractivity contribution is 6.31. The standard InChI is InChI=1S/C17H11ClO4/c18-12-2-4-14-11(7-12)8-13(17(19)22-14)10-1-3-15-16(9-10)21-6-5-20-15/h1-4,7-9H,5-6H2. The molecular formula is C17H11ClO4. The van der Waals surface area contributed by atoms with Crippen molar-refractivity contribution in [2.45, 2.75) is 0 Å². The van der Waals surface area contributed by atoms with Crippen molar-refractivity contribution in [3.63, 3.8) is 0 Å². The van der Waals surface area contributed by atoms with Crippen molar-refractivity contribution in [1.29, 1.82) is 0 Å². The molecule has 0 amide bonds. The second-order valence-electron chi connectivity index (χ2n) is 4.99. The monoisotopic (exact) mass is 314 g/mol. The summed E-state index contributed by atoms with van der Waals surface area (Å²) in [6.07, 6.45) is 0. The van der Waals surface area contributed by atoms with Crippen LogP contribution in [0.1, 0.15) is 0 Å². The molecule has 1 aromatic heterocycles. The van der Waals surface area contributed by atoms with Crippen molar-refractivity contribution in [2.24, 2.45) is 0 Å². The lowest BCUT2D eigenvalue weighted by molar-refractivity contribution is 0.171. The summed E-state index contributed by atoms with van der Waals surface area (Å²) in [5.41, 5.74) is 1.30. The second kappa shape index (κ2) is 5.07. The molecule has 0 fully saturated rings. The molecule has 0 N–H and O–H groups in total. The molecule has 2 aromatic carbocycles. The number of hydrogen-bond donors (Lipinski definition) is 0. The summed E-state index contributed by atoms with van der Waals surface area (Å²) in [6, 6.07) is 12.3. The minimum absolute atomic E-state index is 0.397. The average Bonchev–Trinajstić information content (AvgIpc) is 2.54. The Hall–Kier alpha value is -2.46. The maximum absolute atomic E-state index is 12.2. The van der Waals surface area contributed by atoms with E-state index in [4.69, 9.17) is 25.5 Å². The first-order valence-corrected chi connectivity index (χ1v) is 7.22. The summed E-state index contributed by atoms with van der Waals surface area (Å²) < 4.78 is 16.4. The van der Waals surface area contributed by atoms with Gasteiger partial charge in [-0.1, -0.05) is 17.7 Å². The van der Waals surface area contributed by atoms with Crippen molar-refractivity contribution < 1.29 is 13.9 Å². The van der Waals surface area contributed by atoms with E-state index < -0.39 is 5.63 Å². The fraction of sp³-hybridized carbons (Fsp3) is 0.118.